The van der Waals surface area contributed by atoms with Crippen LogP contribution in [0, 0.1) is 6.92 Å². The van der Waals surface area contributed by atoms with Crippen LogP contribution >= 0.6 is 0 Å². The molecule has 8 nitrogen and oxygen atoms in total. The Labute approximate surface area is 166 Å². The van der Waals surface area contributed by atoms with Gasteiger partial charge in [-0.3, -0.25) is 0 Å². The van der Waals surface area contributed by atoms with Crippen molar-refractivity contribution >= 4 is 32.4 Å². The second-order valence-electron chi connectivity index (χ2n) is 7.18. The smallest absolute Gasteiger partial charge is 0.213 e. The lowest BCUT2D eigenvalue weighted by Crippen LogP contribution is -2.49. The molecular weight excluding hydrogens is 378 g/mol. The second-order valence-corrected chi connectivity index (χ2v) is 9.44. The molecule has 0 aliphatic carbocycles. The molecule has 2 aliphatic rings. The molecule has 2 aromatic rings. The number of nitrogens with zero attached hydrogens (tertiary/aromatic N) is 5. The van der Waals surface area contributed by atoms with Crippen LogP contribution in [0.1, 0.15) is 12.7 Å². The van der Waals surface area contributed by atoms with Gasteiger partial charge in [0.05, 0.1) is 24.5 Å². The summed E-state index contributed by atoms with van der Waals surface area (Å²) in [6.07, 6.45) is 0. The molecule has 0 saturated carbocycles. The lowest BCUT2D eigenvalue weighted by atomic mass is 10.1. The number of aryl methyl sites for hydroxylation is 1. The minimum absolute atomic E-state index is 0.144. The number of fused-ring (bicyclic) bond motifs is 1. The van der Waals surface area contributed by atoms with E-state index in [1.807, 2.05) is 6.92 Å². The summed E-state index contributed by atoms with van der Waals surface area (Å²) in [5, 5.41) is 1.02. The maximum atomic E-state index is 12.1. The third kappa shape index (κ3) is 3.78. The highest BCUT2D eigenvalue weighted by molar-refractivity contribution is 7.89. The van der Waals surface area contributed by atoms with Crippen molar-refractivity contribution in [1.82, 2.24) is 14.3 Å². The van der Waals surface area contributed by atoms with Gasteiger partial charge in [0.15, 0.2) is 0 Å². The summed E-state index contributed by atoms with van der Waals surface area (Å²) >= 11 is 0. The molecule has 0 N–H and O–H groups in total. The Hall–Kier alpha value is -1.97. The quantitative estimate of drug-likeness (QED) is 0.757. The molecule has 1 aromatic heterocycles. The van der Waals surface area contributed by atoms with Crippen molar-refractivity contribution in [3.05, 3.63) is 24.0 Å². The zero-order valence-electron chi connectivity index (χ0n) is 16.5. The molecule has 0 bridgehead atoms. The van der Waals surface area contributed by atoms with Crippen molar-refractivity contribution in [2.45, 2.75) is 13.8 Å². The van der Waals surface area contributed by atoms with E-state index in [0.29, 0.717) is 26.2 Å². The lowest BCUT2D eigenvalue weighted by Gasteiger charge is -2.35. The van der Waals surface area contributed by atoms with E-state index in [1.165, 1.54) is 0 Å². The molecule has 9 heteroatoms. The lowest BCUT2D eigenvalue weighted by molar-refractivity contribution is 0.122. The molecule has 2 fully saturated rings. The van der Waals surface area contributed by atoms with Crippen molar-refractivity contribution in [2.75, 3.05) is 68.0 Å². The first-order valence-electron chi connectivity index (χ1n) is 9.82. The summed E-state index contributed by atoms with van der Waals surface area (Å²) in [6, 6.07) is 6.32. The van der Waals surface area contributed by atoms with Gasteiger partial charge in [-0.1, -0.05) is 0 Å². The Kier molecular flexibility index (Phi) is 5.39. The van der Waals surface area contributed by atoms with Gasteiger partial charge in [-0.25, -0.2) is 18.4 Å². The molecule has 0 atom stereocenters. The molecule has 2 aliphatic heterocycles. The topological polar surface area (TPSA) is 78.9 Å². The highest BCUT2D eigenvalue weighted by atomic mass is 32.2. The molecule has 0 amide bonds. The maximum absolute atomic E-state index is 12.1. The Morgan fingerprint density at radius 3 is 2.39 bits per heavy atom. The number of morpholine rings is 1. The normalized spacial score (nSPS) is 19.4. The van der Waals surface area contributed by atoms with E-state index in [1.54, 1.807) is 11.2 Å². The van der Waals surface area contributed by atoms with E-state index in [9.17, 15) is 8.42 Å². The number of aromatic nitrogens is 2. The number of rotatable bonds is 4. The van der Waals surface area contributed by atoms with Crippen molar-refractivity contribution < 1.29 is 13.2 Å². The standard InChI is InChI=1S/C19H27N5O3S/c1-3-28(25,26)24-8-6-23(7-9-24)19-17-14-16(22-10-12-27-13-11-22)4-5-18(17)20-15(2)21-19/h4-5,14H,3,6-13H2,1-2H3. The number of ether oxygens (including phenoxy) is 1. The largest absolute Gasteiger partial charge is 0.378 e. The predicted octanol–water partition coefficient (Wildman–Crippen LogP) is 1.25. The average Bonchev–Trinajstić information content (AvgIpc) is 2.73. The van der Waals surface area contributed by atoms with Crippen LogP contribution in [0.2, 0.25) is 0 Å². The molecule has 3 heterocycles. The third-order valence-corrected chi connectivity index (χ3v) is 7.33. The minimum atomic E-state index is -3.14. The molecule has 0 radical (unpaired) electrons. The Bertz CT molecular complexity index is 951. The first kappa shape index (κ1) is 19.4. The molecule has 28 heavy (non-hydrogen) atoms. The van der Waals surface area contributed by atoms with Gasteiger partial charge >= 0.3 is 0 Å². The first-order chi connectivity index (χ1) is 13.5. The summed E-state index contributed by atoms with van der Waals surface area (Å²) in [5.74, 6) is 1.77. The fourth-order valence-electron chi connectivity index (χ4n) is 3.83. The molecule has 4 rings (SSSR count). The molecule has 2 saturated heterocycles. The van der Waals surface area contributed by atoms with Crippen molar-refractivity contribution in [3.8, 4) is 0 Å². The number of hydrogen-bond donors (Lipinski definition) is 0. The van der Waals surface area contributed by atoms with Gasteiger partial charge < -0.3 is 14.5 Å². The molecule has 0 spiro atoms. The summed E-state index contributed by atoms with van der Waals surface area (Å²) in [4.78, 5) is 13.8. The Balaban J connectivity index is 1.64. The van der Waals surface area contributed by atoms with Crippen LogP contribution in [0.4, 0.5) is 11.5 Å². The van der Waals surface area contributed by atoms with Gasteiger partial charge in [0.2, 0.25) is 10.0 Å². The summed E-state index contributed by atoms with van der Waals surface area (Å²) in [7, 11) is -3.14. The number of piperazine rings is 1. The van der Waals surface area contributed by atoms with Gasteiger partial charge in [-0.05, 0) is 32.0 Å². The average molecular weight is 406 g/mol. The first-order valence-corrected chi connectivity index (χ1v) is 11.4. The molecular formula is C19H27N5O3S. The monoisotopic (exact) mass is 405 g/mol. The van der Waals surface area contributed by atoms with Gasteiger partial charge in [0.1, 0.15) is 11.6 Å². The fraction of sp³-hybridized carbons (Fsp3) is 0.579. The van der Waals surface area contributed by atoms with Crippen LogP contribution in [0.3, 0.4) is 0 Å². The number of sulfonamides is 1. The maximum Gasteiger partial charge on any atom is 0.213 e. The van der Waals surface area contributed by atoms with Gasteiger partial charge in [-0.2, -0.15) is 4.31 Å². The highest BCUT2D eigenvalue weighted by Gasteiger charge is 2.27. The predicted molar refractivity (Wildman–Crippen MR) is 111 cm³/mol. The van der Waals surface area contributed by atoms with Crippen LogP contribution in [-0.4, -0.2) is 80.9 Å². The molecule has 152 valence electrons. The van der Waals surface area contributed by atoms with Crippen LogP contribution in [-0.2, 0) is 14.8 Å². The fourth-order valence-corrected chi connectivity index (χ4v) is 4.92. The second kappa shape index (κ2) is 7.81. The molecule has 1 aromatic carbocycles. The van der Waals surface area contributed by atoms with Gasteiger partial charge in [-0.15, -0.1) is 0 Å². The van der Waals surface area contributed by atoms with Crippen LogP contribution in [0.5, 0.6) is 0 Å². The number of anilines is 2. The van der Waals surface area contributed by atoms with E-state index in [-0.39, 0.29) is 5.75 Å². The van der Waals surface area contributed by atoms with Gasteiger partial charge in [0.25, 0.3) is 0 Å². The van der Waals surface area contributed by atoms with E-state index < -0.39 is 10.0 Å². The van der Waals surface area contributed by atoms with Crippen molar-refractivity contribution in [2.24, 2.45) is 0 Å². The zero-order valence-corrected chi connectivity index (χ0v) is 17.3. The highest BCUT2D eigenvalue weighted by Crippen LogP contribution is 2.29. The van der Waals surface area contributed by atoms with E-state index in [4.69, 9.17) is 9.72 Å². The van der Waals surface area contributed by atoms with E-state index in [0.717, 1.165) is 54.5 Å². The summed E-state index contributed by atoms with van der Waals surface area (Å²) in [5.41, 5.74) is 2.07. The van der Waals surface area contributed by atoms with Gasteiger partial charge in [0, 0.05) is 50.3 Å². The third-order valence-electron chi connectivity index (χ3n) is 5.44. The van der Waals surface area contributed by atoms with E-state index >= 15 is 0 Å². The number of hydrogen-bond acceptors (Lipinski definition) is 7. The minimum Gasteiger partial charge on any atom is -0.378 e. The molecule has 0 unspecified atom stereocenters. The van der Waals surface area contributed by atoms with Crippen LogP contribution in [0.25, 0.3) is 10.9 Å². The van der Waals surface area contributed by atoms with E-state index in [2.05, 4.69) is 33.0 Å². The Morgan fingerprint density at radius 2 is 1.71 bits per heavy atom. The Morgan fingerprint density at radius 1 is 1.00 bits per heavy atom. The number of benzene rings is 1. The summed E-state index contributed by atoms with van der Waals surface area (Å²) in [6.45, 7) is 9.06. The summed E-state index contributed by atoms with van der Waals surface area (Å²) < 4.78 is 31.3. The zero-order chi connectivity index (χ0) is 19.7. The SMILES string of the molecule is CCS(=O)(=O)N1CCN(c2nc(C)nc3ccc(N4CCOCC4)cc23)CC1. The van der Waals surface area contributed by atoms with Crippen molar-refractivity contribution in [3.63, 3.8) is 0 Å². The van der Waals surface area contributed by atoms with Crippen LogP contribution in [0.15, 0.2) is 18.2 Å². The van der Waals surface area contributed by atoms with Crippen LogP contribution < -0.4 is 9.80 Å². The van der Waals surface area contributed by atoms with Crippen molar-refractivity contribution in [1.29, 1.82) is 0 Å².